The van der Waals surface area contributed by atoms with E-state index in [2.05, 4.69) is 10.6 Å². The first-order valence-corrected chi connectivity index (χ1v) is 9.73. The van der Waals surface area contributed by atoms with Crippen LogP contribution < -0.4 is 10.6 Å². The van der Waals surface area contributed by atoms with Gasteiger partial charge in [-0.05, 0) is 55.4 Å². The number of amides is 4. The van der Waals surface area contributed by atoms with Crippen molar-refractivity contribution >= 4 is 29.4 Å². The SMILES string of the molecule is C[C@@H]1c2cc(C(F)(F)F)c(Cl)cc2CN1C(=O)CCC1(C2CC2)NC(=O)NC1=O. The van der Waals surface area contributed by atoms with Crippen LogP contribution in [0.5, 0.6) is 0 Å². The molecular weight excluding hydrogens is 411 g/mol. The highest BCUT2D eigenvalue weighted by Crippen LogP contribution is 2.45. The molecule has 1 saturated carbocycles. The van der Waals surface area contributed by atoms with Gasteiger partial charge in [-0.3, -0.25) is 14.9 Å². The molecule has 2 fully saturated rings. The topological polar surface area (TPSA) is 78.5 Å². The molecule has 0 spiro atoms. The van der Waals surface area contributed by atoms with Crippen LogP contribution in [0.25, 0.3) is 0 Å². The summed E-state index contributed by atoms with van der Waals surface area (Å²) in [5.74, 6) is -0.701. The summed E-state index contributed by atoms with van der Waals surface area (Å²) in [5, 5.41) is 4.52. The van der Waals surface area contributed by atoms with Crippen LogP contribution in [0, 0.1) is 5.92 Å². The van der Waals surface area contributed by atoms with E-state index in [1.54, 1.807) is 6.92 Å². The van der Waals surface area contributed by atoms with Crippen LogP contribution in [-0.2, 0) is 22.3 Å². The van der Waals surface area contributed by atoms with Gasteiger partial charge in [-0.25, -0.2) is 4.79 Å². The highest BCUT2D eigenvalue weighted by Gasteiger charge is 2.55. The zero-order chi connectivity index (χ0) is 21.1. The molecule has 29 heavy (non-hydrogen) atoms. The number of alkyl halides is 3. The Morgan fingerprint density at radius 1 is 1.31 bits per heavy atom. The first-order valence-electron chi connectivity index (χ1n) is 9.35. The van der Waals surface area contributed by atoms with Crippen LogP contribution in [0.15, 0.2) is 12.1 Å². The maximum atomic E-state index is 13.1. The van der Waals surface area contributed by atoms with Gasteiger partial charge in [0.15, 0.2) is 0 Å². The molecule has 2 atom stereocenters. The highest BCUT2D eigenvalue weighted by molar-refractivity contribution is 6.31. The molecule has 2 heterocycles. The van der Waals surface area contributed by atoms with Gasteiger partial charge in [0.05, 0.1) is 16.6 Å². The highest BCUT2D eigenvalue weighted by atomic mass is 35.5. The smallest absolute Gasteiger partial charge is 0.332 e. The van der Waals surface area contributed by atoms with Crippen molar-refractivity contribution in [3.05, 3.63) is 33.8 Å². The molecule has 1 aromatic rings. The fourth-order valence-electron chi connectivity index (χ4n) is 4.36. The van der Waals surface area contributed by atoms with Crippen molar-refractivity contribution in [1.29, 1.82) is 0 Å². The van der Waals surface area contributed by atoms with Crippen LogP contribution >= 0.6 is 11.6 Å². The average Bonchev–Trinajstić information content (AvgIpc) is 3.36. The maximum Gasteiger partial charge on any atom is 0.417 e. The van der Waals surface area contributed by atoms with E-state index < -0.39 is 40.3 Å². The number of hydrogen-bond donors (Lipinski definition) is 2. The Morgan fingerprint density at radius 2 is 2.00 bits per heavy atom. The number of rotatable bonds is 4. The van der Waals surface area contributed by atoms with E-state index in [1.165, 1.54) is 11.0 Å². The van der Waals surface area contributed by atoms with Crippen molar-refractivity contribution in [3.8, 4) is 0 Å². The number of urea groups is 1. The number of benzene rings is 1. The standard InChI is InChI=1S/C19H19ClF3N3O3/c1-9-12-7-13(19(21,22)23)14(20)6-10(12)8-26(9)15(27)4-5-18(11-2-3-11)16(28)24-17(29)25-18/h6-7,9,11H,2-5,8H2,1H3,(H2,24,25,28,29)/t9-,18?/m1/s1. The third kappa shape index (κ3) is 3.35. The quantitative estimate of drug-likeness (QED) is 0.719. The number of hydrogen-bond acceptors (Lipinski definition) is 3. The Morgan fingerprint density at radius 3 is 2.55 bits per heavy atom. The Balaban J connectivity index is 1.50. The number of fused-ring (bicyclic) bond motifs is 1. The Labute approximate surface area is 169 Å². The van der Waals surface area contributed by atoms with Crippen LogP contribution in [0.4, 0.5) is 18.0 Å². The van der Waals surface area contributed by atoms with Crippen molar-refractivity contribution in [3.63, 3.8) is 0 Å². The van der Waals surface area contributed by atoms with Crippen molar-refractivity contribution in [1.82, 2.24) is 15.5 Å². The van der Waals surface area contributed by atoms with Gasteiger partial charge in [0.2, 0.25) is 5.91 Å². The first-order chi connectivity index (χ1) is 13.5. The molecule has 0 radical (unpaired) electrons. The number of halogens is 4. The van der Waals surface area contributed by atoms with E-state index in [9.17, 15) is 27.6 Å². The minimum Gasteiger partial charge on any atom is -0.332 e. The van der Waals surface area contributed by atoms with E-state index in [0.29, 0.717) is 11.1 Å². The van der Waals surface area contributed by atoms with Crippen LogP contribution in [0.3, 0.4) is 0 Å². The van der Waals surface area contributed by atoms with E-state index >= 15 is 0 Å². The van der Waals surface area contributed by atoms with E-state index in [1.807, 2.05) is 0 Å². The number of carbonyl (C=O) groups is 3. The molecule has 4 amide bonds. The third-order valence-corrected chi connectivity index (χ3v) is 6.40. The maximum absolute atomic E-state index is 13.1. The summed E-state index contributed by atoms with van der Waals surface area (Å²) in [6.45, 7) is 1.82. The monoisotopic (exact) mass is 429 g/mol. The van der Waals surface area contributed by atoms with Crippen LogP contribution in [0.2, 0.25) is 5.02 Å². The lowest BCUT2D eigenvalue weighted by Crippen LogP contribution is -2.49. The molecule has 1 unspecified atom stereocenters. The van der Waals surface area contributed by atoms with E-state index in [4.69, 9.17) is 11.6 Å². The predicted octanol–water partition coefficient (Wildman–Crippen LogP) is 3.53. The fourth-order valence-corrected chi connectivity index (χ4v) is 4.66. The molecule has 1 saturated heterocycles. The molecule has 6 nitrogen and oxygen atoms in total. The summed E-state index contributed by atoms with van der Waals surface area (Å²) < 4.78 is 39.4. The summed E-state index contributed by atoms with van der Waals surface area (Å²) in [6.07, 6.45) is -2.82. The second kappa shape index (κ2) is 6.62. The summed E-state index contributed by atoms with van der Waals surface area (Å²) in [5.41, 5.74) is -1.00. The number of carbonyl (C=O) groups excluding carboxylic acids is 3. The van der Waals surface area contributed by atoms with Gasteiger partial charge in [0.1, 0.15) is 5.54 Å². The second-order valence-electron chi connectivity index (χ2n) is 7.88. The lowest BCUT2D eigenvalue weighted by atomic mass is 9.87. The molecular formula is C19H19ClF3N3O3. The fraction of sp³-hybridized carbons (Fsp3) is 0.526. The number of imide groups is 1. The normalized spacial score (nSPS) is 26.4. The molecule has 4 rings (SSSR count). The largest absolute Gasteiger partial charge is 0.417 e. The Kier molecular flexibility index (Phi) is 4.56. The minimum atomic E-state index is -4.58. The van der Waals surface area contributed by atoms with Crippen LogP contribution in [-0.4, -0.2) is 28.3 Å². The van der Waals surface area contributed by atoms with Gasteiger partial charge < -0.3 is 10.2 Å². The average molecular weight is 430 g/mol. The number of nitrogens with one attached hydrogen (secondary N) is 2. The molecule has 0 bridgehead atoms. The van der Waals surface area contributed by atoms with Gasteiger partial charge in [0, 0.05) is 13.0 Å². The predicted molar refractivity (Wildman–Crippen MR) is 96.8 cm³/mol. The zero-order valence-corrected chi connectivity index (χ0v) is 16.3. The first kappa shape index (κ1) is 20.0. The zero-order valence-electron chi connectivity index (χ0n) is 15.5. The van der Waals surface area contributed by atoms with Crippen molar-refractivity contribution in [2.75, 3.05) is 0 Å². The Bertz CT molecular complexity index is 916. The summed E-state index contributed by atoms with van der Waals surface area (Å²) in [7, 11) is 0. The molecule has 2 aliphatic heterocycles. The lowest BCUT2D eigenvalue weighted by molar-refractivity contribution is -0.137. The molecule has 0 aromatic heterocycles. The molecule has 3 aliphatic rings. The molecule has 1 aliphatic carbocycles. The van der Waals surface area contributed by atoms with Gasteiger partial charge in [-0.1, -0.05) is 11.6 Å². The summed E-state index contributed by atoms with van der Waals surface area (Å²) >= 11 is 5.80. The van der Waals surface area contributed by atoms with Crippen LogP contribution in [0.1, 0.15) is 55.3 Å². The lowest BCUT2D eigenvalue weighted by Gasteiger charge is -2.28. The van der Waals surface area contributed by atoms with Gasteiger partial charge in [0.25, 0.3) is 5.91 Å². The molecule has 2 N–H and O–H groups in total. The van der Waals surface area contributed by atoms with Crippen molar-refractivity contribution < 1.29 is 27.6 Å². The van der Waals surface area contributed by atoms with Gasteiger partial charge in [-0.2, -0.15) is 13.2 Å². The summed E-state index contributed by atoms with van der Waals surface area (Å²) in [6, 6.07) is 1.16. The second-order valence-corrected chi connectivity index (χ2v) is 8.29. The van der Waals surface area contributed by atoms with E-state index in [-0.39, 0.29) is 31.2 Å². The molecule has 156 valence electrons. The van der Waals surface area contributed by atoms with Crippen molar-refractivity contribution in [2.24, 2.45) is 5.92 Å². The van der Waals surface area contributed by atoms with Gasteiger partial charge >= 0.3 is 12.2 Å². The number of nitrogens with zero attached hydrogens (tertiary/aromatic N) is 1. The van der Waals surface area contributed by atoms with E-state index in [0.717, 1.165) is 18.9 Å². The van der Waals surface area contributed by atoms with Gasteiger partial charge in [-0.15, -0.1) is 0 Å². The third-order valence-electron chi connectivity index (χ3n) is 6.09. The summed E-state index contributed by atoms with van der Waals surface area (Å²) in [4.78, 5) is 38.2. The molecule has 1 aromatic carbocycles. The van der Waals surface area contributed by atoms with Crippen molar-refractivity contribution in [2.45, 2.75) is 56.9 Å². The molecule has 10 heteroatoms. The minimum absolute atomic E-state index is 0.00237. The Hall–Kier alpha value is -2.29.